The molecule has 3 saturated carbocycles. The van der Waals surface area contributed by atoms with Crippen LogP contribution in [0.4, 0.5) is 0 Å². The van der Waals surface area contributed by atoms with Crippen LogP contribution in [0.5, 0.6) is 0 Å². The van der Waals surface area contributed by atoms with Gasteiger partial charge in [0.2, 0.25) is 0 Å². The van der Waals surface area contributed by atoms with Crippen LogP contribution in [0.15, 0.2) is 36.0 Å². The number of hydrogen-bond donors (Lipinski definition) is 2. The fraction of sp³-hybridized carbons (Fsp3) is 0.806. The Morgan fingerprint density at radius 3 is 2.39 bits per heavy atom. The van der Waals surface area contributed by atoms with Gasteiger partial charge in [-0.2, -0.15) is 0 Å². The third-order valence-corrected chi connectivity index (χ3v) is 11.4. The fourth-order valence-electron chi connectivity index (χ4n) is 9.54. The summed E-state index contributed by atoms with van der Waals surface area (Å²) in [5.41, 5.74) is 2.85. The second-order valence-electron chi connectivity index (χ2n) is 14.2. The molecule has 0 spiro atoms. The van der Waals surface area contributed by atoms with Gasteiger partial charge in [0.1, 0.15) is 0 Å². The largest absolute Gasteiger partial charge is 0.393 e. The van der Waals surface area contributed by atoms with Crippen molar-refractivity contribution in [2.45, 2.75) is 112 Å². The Bertz CT molecular complexity index is 857. The first-order valence-corrected chi connectivity index (χ1v) is 13.6. The Morgan fingerprint density at radius 2 is 1.76 bits per heavy atom. The van der Waals surface area contributed by atoms with E-state index in [2.05, 4.69) is 60.3 Å². The summed E-state index contributed by atoms with van der Waals surface area (Å²) < 4.78 is 0. The molecule has 4 rings (SSSR count). The number of fused-ring (bicyclic) bond motifs is 5. The predicted octanol–water partition coefficient (Wildman–Crippen LogP) is 7.47. The molecule has 0 aromatic rings. The number of aliphatic hydroxyl groups excluding tert-OH is 1. The quantitative estimate of drug-likeness (QED) is 0.432. The van der Waals surface area contributed by atoms with E-state index in [4.69, 9.17) is 0 Å². The van der Waals surface area contributed by atoms with Crippen molar-refractivity contribution in [2.75, 3.05) is 0 Å². The van der Waals surface area contributed by atoms with Gasteiger partial charge in [-0.25, -0.2) is 0 Å². The lowest BCUT2D eigenvalue weighted by Gasteiger charge is -2.64. The standard InChI is InChI=1S/C31H50O2/c1-20(11-10-15-27(3,4)33)22-12-17-31(9)24-19-21(2)26-28(5,6)25(32)14-16-29(26,7)23(24)13-18-30(22,31)8/h10,15,19-20,22-23,25-26,32-33H,2,11-14,16-18H2,1,3-9H3/b15-10+/t20-,22+,23+,25+,26+,29-,30+,31-/m1/s1. The van der Waals surface area contributed by atoms with Crippen LogP contribution >= 0.6 is 0 Å². The van der Waals surface area contributed by atoms with Crippen molar-refractivity contribution >= 4 is 0 Å². The molecule has 0 amide bonds. The minimum atomic E-state index is -0.730. The monoisotopic (exact) mass is 454 g/mol. The molecule has 33 heavy (non-hydrogen) atoms. The summed E-state index contributed by atoms with van der Waals surface area (Å²) in [6.07, 6.45) is 14.7. The first-order valence-electron chi connectivity index (χ1n) is 13.6. The maximum absolute atomic E-state index is 10.9. The van der Waals surface area contributed by atoms with Gasteiger partial charge in [0, 0.05) is 0 Å². The summed E-state index contributed by atoms with van der Waals surface area (Å²) in [4.78, 5) is 0. The molecule has 8 atom stereocenters. The van der Waals surface area contributed by atoms with Gasteiger partial charge in [0.15, 0.2) is 0 Å². The van der Waals surface area contributed by atoms with E-state index in [-0.39, 0.29) is 22.3 Å². The van der Waals surface area contributed by atoms with Crippen LogP contribution in [-0.4, -0.2) is 21.9 Å². The molecule has 4 aliphatic rings. The minimum Gasteiger partial charge on any atom is -0.393 e. The lowest BCUT2D eigenvalue weighted by atomic mass is 9.40. The van der Waals surface area contributed by atoms with E-state index in [0.717, 1.165) is 19.3 Å². The highest BCUT2D eigenvalue weighted by atomic mass is 16.3. The van der Waals surface area contributed by atoms with Crippen LogP contribution in [-0.2, 0) is 0 Å². The van der Waals surface area contributed by atoms with Crippen molar-refractivity contribution in [1.82, 2.24) is 0 Å². The van der Waals surface area contributed by atoms with Gasteiger partial charge in [0.25, 0.3) is 0 Å². The van der Waals surface area contributed by atoms with Gasteiger partial charge in [-0.15, -0.1) is 0 Å². The lowest BCUT2D eigenvalue weighted by Crippen LogP contribution is -2.58. The second-order valence-corrected chi connectivity index (χ2v) is 14.2. The van der Waals surface area contributed by atoms with Crippen molar-refractivity contribution in [3.05, 3.63) is 36.0 Å². The molecule has 0 bridgehead atoms. The first kappa shape index (κ1) is 25.2. The van der Waals surface area contributed by atoms with Crippen LogP contribution in [0.2, 0.25) is 0 Å². The third-order valence-electron chi connectivity index (χ3n) is 11.4. The molecule has 0 saturated heterocycles. The Hall–Kier alpha value is -0.860. The van der Waals surface area contributed by atoms with Gasteiger partial charge in [-0.1, -0.05) is 77.5 Å². The molecule has 186 valence electrons. The molecule has 0 aromatic heterocycles. The maximum Gasteiger partial charge on any atom is 0.0771 e. The highest BCUT2D eigenvalue weighted by molar-refractivity contribution is 5.42. The van der Waals surface area contributed by atoms with Crippen molar-refractivity contribution in [2.24, 2.45) is 45.3 Å². The molecular weight excluding hydrogens is 404 g/mol. The summed E-state index contributed by atoms with van der Waals surface area (Å²) in [5.74, 6) is 2.30. The Kier molecular flexibility index (Phi) is 5.98. The van der Waals surface area contributed by atoms with Crippen LogP contribution in [0.1, 0.15) is 100 Å². The second kappa shape index (κ2) is 7.82. The zero-order valence-corrected chi connectivity index (χ0v) is 22.7. The minimum absolute atomic E-state index is 0.118. The highest BCUT2D eigenvalue weighted by Crippen LogP contribution is 2.73. The number of allylic oxidation sites excluding steroid dienone is 4. The topological polar surface area (TPSA) is 40.5 Å². The molecule has 0 aliphatic heterocycles. The van der Waals surface area contributed by atoms with Crippen molar-refractivity contribution in [3.63, 3.8) is 0 Å². The van der Waals surface area contributed by atoms with Crippen LogP contribution in [0.3, 0.4) is 0 Å². The van der Waals surface area contributed by atoms with Gasteiger partial charge in [-0.3, -0.25) is 0 Å². The third kappa shape index (κ3) is 3.65. The highest BCUT2D eigenvalue weighted by Gasteiger charge is 2.65. The molecule has 0 unspecified atom stereocenters. The average Bonchev–Trinajstić information content (AvgIpc) is 2.96. The Labute approximate surface area is 203 Å². The number of hydrogen-bond acceptors (Lipinski definition) is 2. The van der Waals surface area contributed by atoms with E-state index in [1.165, 1.54) is 31.3 Å². The van der Waals surface area contributed by atoms with E-state index >= 15 is 0 Å². The summed E-state index contributed by atoms with van der Waals surface area (Å²) in [5, 5.41) is 21.0. The number of aliphatic hydroxyl groups is 2. The van der Waals surface area contributed by atoms with E-state index in [1.807, 2.05) is 19.9 Å². The van der Waals surface area contributed by atoms with Crippen LogP contribution in [0, 0.1) is 45.3 Å². The van der Waals surface area contributed by atoms with E-state index in [0.29, 0.717) is 29.1 Å². The van der Waals surface area contributed by atoms with Crippen molar-refractivity contribution < 1.29 is 10.2 Å². The van der Waals surface area contributed by atoms with Gasteiger partial charge < -0.3 is 10.2 Å². The summed E-state index contributed by atoms with van der Waals surface area (Å²) in [6.45, 7) is 23.0. The zero-order chi connectivity index (χ0) is 24.6. The molecule has 0 aromatic carbocycles. The van der Waals surface area contributed by atoms with E-state index in [9.17, 15) is 10.2 Å². The predicted molar refractivity (Wildman–Crippen MR) is 139 cm³/mol. The normalized spacial score (nSPS) is 45.9. The molecule has 0 radical (unpaired) electrons. The first-order chi connectivity index (χ1) is 15.1. The molecule has 3 fully saturated rings. The molecule has 4 aliphatic carbocycles. The summed E-state index contributed by atoms with van der Waals surface area (Å²) >= 11 is 0. The Balaban J connectivity index is 1.67. The maximum atomic E-state index is 10.9. The van der Waals surface area contributed by atoms with Gasteiger partial charge >= 0.3 is 0 Å². The molecule has 2 nitrogen and oxygen atoms in total. The Morgan fingerprint density at radius 1 is 1.09 bits per heavy atom. The zero-order valence-electron chi connectivity index (χ0n) is 22.7. The average molecular weight is 455 g/mol. The summed E-state index contributed by atoms with van der Waals surface area (Å²) in [7, 11) is 0. The smallest absolute Gasteiger partial charge is 0.0771 e. The van der Waals surface area contributed by atoms with Crippen LogP contribution < -0.4 is 0 Å². The van der Waals surface area contributed by atoms with Crippen molar-refractivity contribution in [3.8, 4) is 0 Å². The van der Waals surface area contributed by atoms with E-state index < -0.39 is 5.60 Å². The SMILES string of the molecule is C=C1C=C2[C@H](CC[C@@]3(C)[C@H]([C@H](C)C/C=C/C(C)(C)O)CC[C@]23C)[C@@]2(C)CC[C@H](O)C(C)(C)[C@H]12. The van der Waals surface area contributed by atoms with Gasteiger partial charge in [0.05, 0.1) is 11.7 Å². The lowest BCUT2D eigenvalue weighted by molar-refractivity contribution is -0.115. The number of rotatable bonds is 4. The van der Waals surface area contributed by atoms with E-state index in [1.54, 1.807) is 5.57 Å². The van der Waals surface area contributed by atoms with Crippen molar-refractivity contribution in [1.29, 1.82) is 0 Å². The molecule has 0 heterocycles. The fourth-order valence-corrected chi connectivity index (χ4v) is 9.54. The molecule has 2 N–H and O–H groups in total. The van der Waals surface area contributed by atoms with Crippen LogP contribution in [0.25, 0.3) is 0 Å². The molecular formula is C31H50O2. The molecule has 2 heteroatoms. The summed E-state index contributed by atoms with van der Waals surface area (Å²) in [6, 6.07) is 0. The van der Waals surface area contributed by atoms with Gasteiger partial charge in [-0.05, 0) is 104 Å².